The normalized spacial score (nSPS) is 11.9. The molecule has 0 aliphatic carbocycles. The molecule has 0 amide bonds. The van der Waals surface area contributed by atoms with Gasteiger partial charge in [-0.15, -0.1) is 0 Å². The number of anilines is 1. The third kappa shape index (κ3) is 2.87. The Morgan fingerprint density at radius 2 is 2.16 bits per heavy atom. The first-order valence-corrected chi connectivity index (χ1v) is 5.94. The van der Waals surface area contributed by atoms with E-state index >= 15 is 0 Å². The summed E-state index contributed by atoms with van der Waals surface area (Å²) in [5.41, 5.74) is 0.815. The van der Waals surface area contributed by atoms with Crippen LogP contribution in [-0.4, -0.2) is 39.3 Å². The van der Waals surface area contributed by atoms with Crippen molar-refractivity contribution in [2.24, 2.45) is 0 Å². The molecule has 1 N–H and O–H groups in total. The van der Waals surface area contributed by atoms with Gasteiger partial charge in [0.05, 0.1) is 12.8 Å². The summed E-state index contributed by atoms with van der Waals surface area (Å²) in [7, 11) is 1.35. The van der Waals surface area contributed by atoms with Gasteiger partial charge in [0.25, 0.3) is 0 Å². The Bertz CT molecular complexity index is 540. The second kappa shape index (κ2) is 5.94. The Labute approximate surface area is 110 Å². The SMILES string of the molecule is CCC(Nc1nnnn1-c1ccccc1)C(=O)OC. The van der Waals surface area contributed by atoms with E-state index in [0.717, 1.165) is 5.69 Å². The molecule has 7 nitrogen and oxygen atoms in total. The number of hydrogen-bond acceptors (Lipinski definition) is 6. The molecular weight excluding hydrogens is 246 g/mol. The van der Waals surface area contributed by atoms with Crippen LogP contribution in [0.25, 0.3) is 5.69 Å². The van der Waals surface area contributed by atoms with Gasteiger partial charge in [-0.2, -0.15) is 4.68 Å². The van der Waals surface area contributed by atoms with Crippen LogP contribution < -0.4 is 5.32 Å². The Morgan fingerprint density at radius 1 is 1.42 bits per heavy atom. The predicted molar refractivity (Wildman–Crippen MR) is 68.9 cm³/mol. The molecule has 0 bridgehead atoms. The highest BCUT2D eigenvalue weighted by atomic mass is 16.5. The monoisotopic (exact) mass is 261 g/mol. The van der Waals surface area contributed by atoms with E-state index in [-0.39, 0.29) is 5.97 Å². The molecule has 1 heterocycles. The Hall–Kier alpha value is -2.44. The number of para-hydroxylation sites is 1. The Kier molecular flexibility index (Phi) is 4.07. The number of nitrogens with zero attached hydrogens (tertiary/aromatic N) is 4. The van der Waals surface area contributed by atoms with Crippen LogP contribution in [0, 0.1) is 0 Å². The molecule has 0 spiro atoms. The number of carbonyl (C=O) groups is 1. The molecular formula is C12H15N5O2. The summed E-state index contributed by atoms with van der Waals surface area (Å²) in [5.74, 6) is 0.0635. The van der Waals surface area contributed by atoms with Crippen molar-refractivity contribution in [2.45, 2.75) is 19.4 Å². The van der Waals surface area contributed by atoms with Crippen molar-refractivity contribution in [2.75, 3.05) is 12.4 Å². The zero-order valence-electron chi connectivity index (χ0n) is 10.8. The second-order valence-corrected chi connectivity index (χ2v) is 3.88. The molecule has 0 aliphatic rings. The van der Waals surface area contributed by atoms with Gasteiger partial charge in [-0.25, -0.2) is 4.79 Å². The number of benzene rings is 1. The summed E-state index contributed by atoms with van der Waals surface area (Å²) in [5, 5.41) is 14.4. The van der Waals surface area contributed by atoms with E-state index in [1.807, 2.05) is 37.3 Å². The Balaban J connectivity index is 2.23. The van der Waals surface area contributed by atoms with Crippen LogP contribution in [0.2, 0.25) is 0 Å². The molecule has 0 saturated carbocycles. The van der Waals surface area contributed by atoms with Crippen molar-refractivity contribution >= 4 is 11.9 Å². The highest BCUT2D eigenvalue weighted by molar-refractivity contribution is 5.78. The van der Waals surface area contributed by atoms with E-state index in [1.54, 1.807) is 0 Å². The number of ether oxygens (including phenoxy) is 1. The topological polar surface area (TPSA) is 81.9 Å². The number of nitrogens with one attached hydrogen (secondary N) is 1. The lowest BCUT2D eigenvalue weighted by molar-refractivity contribution is -0.141. The number of aromatic nitrogens is 4. The minimum Gasteiger partial charge on any atom is -0.467 e. The first-order valence-electron chi connectivity index (χ1n) is 5.94. The fraction of sp³-hybridized carbons (Fsp3) is 0.333. The number of methoxy groups -OCH3 is 1. The predicted octanol–water partition coefficient (Wildman–Crippen LogP) is 1.03. The molecule has 2 aromatic rings. The largest absolute Gasteiger partial charge is 0.467 e. The van der Waals surface area contributed by atoms with Gasteiger partial charge < -0.3 is 10.1 Å². The summed E-state index contributed by atoms with van der Waals surface area (Å²) in [4.78, 5) is 11.6. The van der Waals surface area contributed by atoms with Crippen LogP contribution in [0.15, 0.2) is 30.3 Å². The first-order chi connectivity index (χ1) is 9.26. The van der Waals surface area contributed by atoms with Gasteiger partial charge in [0, 0.05) is 0 Å². The van der Waals surface area contributed by atoms with Gasteiger partial charge >= 0.3 is 5.97 Å². The number of tetrazole rings is 1. The van der Waals surface area contributed by atoms with Gasteiger partial charge in [0.15, 0.2) is 0 Å². The number of carbonyl (C=O) groups excluding carboxylic acids is 1. The lowest BCUT2D eigenvalue weighted by Crippen LogP contribution is -2.31. The average Bonchev–Trinajstić information content (AvgIpc) is 2.93. The number of esters is 1. The van der Waals surface area contributed by atoms with E-state index in [9.17, 15) is 4.79 Å². The van der Waals surface area contributed by atoms with Gasteiger partial charge in [-0.05, 0) is 29.0 Å². The summed E-state index contributed by atoms with van der Waals surface area (Å²) >= 11 is 0. The van der Waals surface area contributed by atoms with Gasteiger partial charge in [0.1, 0.15) is 6.04 Å². The molecule has 1 atom stereocenters. The average molecular weight is 261 g/mol. The van der Waals surface area contributed by atoms with Crippen LogP contribution in [0.1, 0.15) is 13.3 Å². The van der Waals surface area contributed by atoms with Crippen molar-refractivity contribution in [3.63, 3.8) is 0 Å². The Morgan fingerprint density at radius 3 is 2.79 bits per heavy atom. The van der Waals surface area contributed by atoms with Gasteiger partial charge in [0.2, 0.25) is 5.95 Å². The summed E-state index contributed by atoms with van der Waals surface area (Å²) in [6, 6.07) is 8.96. The second-order valence-electron chi connectivity index (χ2n) is 3.88. The maximum atomic E-state index is 11.6. The molecule has 0 radical (unpaired) electrons. The minimum atomic E-state index is -0.474. The van der Waals surface area contributed by atoms with E-state index in [4.69, 9.17) is 4.74 Å². The molecule has 1 aromatic carbocycles. The molecule has 0 saturated heterocycles. The molecule has 2 rings (SSSR count). The standard InChI is InChI=1S/C12H15N5O2/c1-3-10(11(18)19-2)13-12-14-15-16-17(12)9-7-5-4-6-8-9/h4-8,10H,3H2,1-2H3,(H,13,14,16). The fourth-order valence-corrected chi connectivity index (χ4v) is 1.65. The third-order valence-corrected chi connectivity index (χ3v) is 2.67. The van der Waals surface area contributed by atoms with Crippen molar-refractivity contribution in [3.8, 4) is 5.69 Å². The molecule has 0 aliphatic heterocycles. The fourth-order valence-electron chi connectivity index (χ4n) is 1.65. The van der Waals surface area contributed by atoms with Crippen LogP contribution in [0.5, 0.6) is 0 Å². The minimum absolute atomic E-state index is 0.342. The smallest absolute Gasteiger partial charge is 0.328 e. The van der Waals surface area contributed by atoms with Crippen molar-refractivity contribution in [3.05, 3.63) is 30.3 Å². The summed E-state index contributed by atoms with van der Waals surface area (Å²) in [6.07, 6.45) is 0.578. The zero-order valence-corrected chi connectivity index (χ0v) is 10.8. The molecule has 19 heavy (non-hydrogen) atoms. The summed E-state index contributed by atoms with van der Waals surface area (Å²) in [6.45, 7) is 1.88. The summed E-state index contributed by atoms with van der Waals surface area (Å²) < 4.78 is 6.25. The molecule has 100 valence electrons. The van der Waals surface area contributed by atoms with Crippen LogP contribution in [-0.2, 0) is 9.53 Å². The molecule has 0 fully saturated rings. The lowest BCUT2D eigenvalue weighted by atomic mass is 10.2. The first kappa shape index (κ1) is 13.0. The molecule has 7 heteroatoms. The number of hydrogen-bond donors (Lipinski definition) is 1. The third-order valence-electron chi connectivity index (χ3n) is 2.67. The number of rotatable bonds is 5. The van der Waals surface area contributed by atoms with Crippen molar-refractivity contribution in [1.29, 1.82) is 0 Å². The maximum absolute atomic E-state index is 11.6. The van der Waals surface area contributed by atoms with Gasteiger partial charge in [-0.1, -0.05) is 30.2 Å². The van der Waals surface area contributed by atoms with E-state index in [1.165, 1.54) is 11.8 Å². The van der Waals surface area contributed by atoms with E-state index in [0.29, 0.717) is 12.4 Å². The highest BCUT2D eigenvalue weighted by Crippen LogP contribution is 2.12. The zero-order chi connectivity index (χ0) is 13.7. The quantitative estimate of drug-likeness (QED) is 0.809. The van der Waals surface area contributed by atoms with E-state index in [2.05, 4.69) is 20.8 Å². The van der Waals surface area contributed by atoms with Gasteiger partial charge in [-0.3, -0.25) is 0 Å². The molecule has 1 aromatic heterocycles. The van der Waals surface area contributed by atoms with E-state index < -0.39 is 6.04 Å². The maximum Gasteiger partial charge on any atom is 0.328 e. The lowest BCUT2D eigenvalue weighted by Gasteiger charge is -2.14. The van der Waals surface area contributed by atoms with Crippen LogP contribution in [0.3, 0.4) is 0 Å². The van der Waals surface area contributed by atoms with Crippen molar-refractivity contribution in [1.82, 2.24) is 20.2 Å². The molecule has 1 unspecified atom stereocenters. The highest BCUT2D eigenvalue weighted by Gasteiger charge is 2.19. The van der Waals surface area contributed by atoms with Crippen LogP contribution >= 0.6 is 0 Å². The van der Waals surface area contributed by atoms with Crippen LogP contribution in [0.4, 0.5) is 5.95 Å². The van der Waals surface area contributed by atoms with Crippen molar-refractivity contribution < 1.29 is 9.53 Å².